The molecule has 1 aliphatic rings. The molecule has 5 nitrogen and oxygen atoms in total. The van der Waals surface area contributed by atoms with Crippen LogP contribution in [0.1, 0.15) is 12.8 Å². The maximum atomic E-state index is 11.8. The Hall–Kier alpha value is -0.170. The number of hydrogen-bond acceptors (Lipinski definition) is 3. The largest absolute Gasteiger partial charge is 0.319 e. The lowest BCUT2D eigenvalue weighted by molar-refractivity contribution is 0.260. The summed E-state index contributed by atoms with van der Waals surface area (Å²) in [6, 6.07) is 0. The molecule has 1 aliphatic heterocycles. The monoisotopic (exact) mass is 235 g/mol. The highest BCUT2D eigenvalue weighted by Gasteiger charge is 2.28. The summed E-state index contributed by atoms with van der Waals surface area (Å²) in [5.41, 5.74) is 0. The summed E-state index contributed by atoms with van der Waals surface area (Å²) in [5, 5.41) is 3.14. The van der Waals surface area contributed by atoms with E-state index in [2.05, 4.69) is 5.32 Å². The van der Waals surface area contributed by atoms with Gasteiger partial charge in [-0.05, 0) is 32.4 Å². The fraction of sp³-hybridized carbons (Fsp3) is 1.00. The van der Waals surface area contributed by atoms with Crippen LogP contribution in [-0.4, -0.2) is 57.8 Å². The van der Waals surface area contributed by atoms with Crippen molar-refractivity contribution in [2.45, 2.75) is 12.8 Å². The van der Waals surface area contributed by atoms with Gasteiger partial charge in [0.2, 0.25) is 0 Å². The standard InChI is InChI=1S/C9H21N3O2S/c1-10-8-9-4-6-12(7-5-9)15(13,14)11(2)3/h9-10H,4-8H2,1-3H3. The van der Waals surface area contributed by atoms with Gasteiger partial charge in [0.05, 0.1) is 0 Å². The lowest BCUT2D eigenvalue weighted by Gasteiger charge is -2.32. The summed E-state index contributed by atoms with van der Waals surface area (Å²) >= 11 is 0. The van der Waals surface area contributed by atoms with Gasteiger partial charge in [-0.1, -0.05) is 0 Å². The van der Waals surface area contributed by atoms with Gasteiger partial charge in [-0.25, -0.2) is 0 Å². The van der Waals surface area contributed by atoms with Gasteiger partial charge in [-0.3, -0.25) is 0 Å². The van der Waals surface area contributed by atoms with Crippen molar-refractivity contribution in [3.8, 4) is 0 Å². The lowest BCUT2D eigenvalue weighted by Crippen LogP contribution is -2.45. The maximum absolute atomic E-state index is 11.8. The Morgan fingerprint density at radius 3 is 2.27 bits per heavy atom. The zero-order chi connectivity index (χ0) is 11.5. The first-order chi connectivity index (χ1) is 6.98. The molecule has 1 heterocycles. The molecule has 6 heteroatoms. The molecule has 90 valence electrons. The second-order valence-electron chi connectivity index (χ2n) is 4.19. The predicted octanol–water partition coefficient (Wildman–Crippen LogP) is -0.276. The molecule has 0 bridgehead atoms. The van der Waals surface area contributed by atoms with Crippen LogP contribution in [0.5, 0.6) is 0 Å². The zero-order valence-electron chi connectivity index (χ0n) is 9.73. The molecule has 0 aromatic carbocycles. The van der Waals surface area contributed by atoms with Crippen LogP contribution in [0.3, 0.4) is 0 Å². The van der Waals surface area contributed by atoms with Gasteiger partial charge in [-0.15, -0.1) is 0 Å². The van der Waals surface area contributed by atoms with Crippen LogP contribution in [0.25, 0.3) is 0 Å². The van der Waals surface area contributed by atoms with Crippen molar-refractivity contribution < 1.29 is 8.42 Å². The van der Waals surface area contributed by atoms with Crippen LogP contribution in [0.2, 0.25) is 0 Å². The van der Waals surface area contributed by atoms with Crippen molar-refractivity contribution in [3.63, 3.8) is 0 Å². The van der Waals surface area contributed by atoms with Crippen LogP contribution in [0.4, 0.5) is 0 Å². The van der Waals surface area contributed by atoms with Crippen molar-refractivity contribution in [3.05, 3.63) is 0 Å². The molecule has 0 radical (unpaired) electrons. The fourth-order valence-electron chi connectivity index (χ4n) is 1.86. The number of nitrogens with one attached hydrogen (secondary N) is 1. The van der Waals surface area contributed by atoms with E-state index in [9.17, 15) is 8.42 Å². The molecule has 0 amide bonds. The topological polar surface area (TPSA) is 52.7 Å². The van der Waals surface area contributed by atoms with Gasteiger partial charge in [-0.2, -0.15) is 17.0 Å². The smallest absolute Gasteiger partial charge is 0.281 e. The van der Waals surface area contributed by atoms with Crippen LogP contribution >= 0.6 is 0 Å². The number of piperidine rings is 1. The molecule has 1 saturated heterocycles. The number of rotatable bonds is 4. The molecule has 0 unspecified atom stereocenters. The highest BCUT2D eigenvalue weighted by Crippen LogP contribution is 2.19. The van der Waals surface area contributed by atoms with E-state index < -0.39 is 10.2 Å². The van der Waals surface area contributed by atoms with E-state index >= 15 is 0 Å². The normalized spacial score (nSPS) is 21.1. The highest BCUT2D eigenvalue weighted by molar-refractivity contribution is 7.86. The Morgan fingerprint density at radius 2 is 1.87 bits per heavy atom. The SMILES string of the molecule is CNCC1CCN(S(=O)(=O)N(C)C)CC1. The van der Waals surface area contributed by atoms with E-state index in [4.69, 9.17) is 0 Å². The molecule has 1 fully saturated rings. The number of hydrogen-bond donors (Lipinski definition) is 1. The van der Waals surface area contributed by atoms with Crippen molar-refractivity contribution in [1.82, 2.24) is 13.9 Å². The van der Waals surface area contributed by atoms with Gasteiger partial charge in [0, 0.05) is 27.2 Å². The van der Waals surface area contributed by atoms with E-state index in [1.807, 2.05) is 7.05 Å². The summed E-state index contributed by atoms with van der Waals surface area (Å²) in [6.45, 7) is 2.27. The Bertz CT molecular complexity index is 282. The van der Waals surface area contributed by atoms with Gasteiger partial charge >= 0.3 is 0 Å². The average Bonchev–Trinajstić information content (AvgIpc) is 2.19. The zero-order valence-corrected chi connectivity index (χ0v) is 10.5. The van der Waals surface area contributed by atoms with E-state index in [1.165, 1.54) is 4.31 Å². The van der Waals surface area contributed by atoms with Crippen LogP contribution < -0.4 is 5.32 Å². The summed E-state index contributed by atoms with van der Waals surface area (Å²) in [6.07, 6.45) is 1.90. The molecular weight excluding hydrogens is 214 g/mol. The van der Waals surface area contributed by atoms with E-state index in [0.29, 0.717) is 19.0 Å². The minimum atomic E-state index is -3.19. The van der Waals surface area contributed by atoms with Crippen LogP contribution in [0.15, 0.2) is 0 Å². The summed E-state index contributed by atoms with van der Waals surface area (Å²) < 4.78 is 26.4. The molecule has 0 spiro atoms. The third kappa shape index (κ3) is 3.14. The first-order valence-electron chi connectivity index (χ1n) is 5.30. The molecule has 0 aliphatic carbocycles. The van der Waals surface area contributed by atoms with E-state index in [0.717, 1.165) is 19.4 Å². The molecule has 1 N–H and O–H groups in total. The Balaban J connectivity index is 2.51. The van der Waals surface area contributed by atoms with Crippen molar-refractivity contribution in [2.75, 3.05) is 40.8 Å². The maximum Gasteiger partial charge on any atom is 0.281 e. The fourth-order valence-corrected chi connectivity index (χ4v) is 3.00. The average molecular weight is 235 g/mol. The van der Waals surface area contributed by atoms with Crippen molar-refractivity contribution in [1.29, 1.82) is 0 Å². The van der Waals surface area contributed by atoms with Gasteiger partial charge < -0.3 is 5.32 Å². The summed E-state index contributed by atoms with van der Waals surface area (Å²) in [7, 11) is 1.90. The molecule has 0 aromatic rings. The molecule has 0 saturated carbocycles. The lowest BCUT2D eigenvalue weighted by atomic mass is 9.98. The van der Waals surface area contributed by atoms with Gasteiger partial charge in [0.1, 0.15) is 0 Å². The van der Waals surface area contributed by atoms with E-state index in [-0.39, 0.29) is 0 Å². The van der Waals surface area contributed by atoms with Gasteiger partial charge in [0.15, 0.2) is 0 Å². The first kappa shape index (κ1) is 12.9. The van der Waals surface area contributed by atoms with Crippen molar-refractivity contribution >= 4 is 10.2 Å². The molecule has 15 heavy (non-hydrogen) atoms. The molecule has 0 aromatic heterocycles. The summed E-state index contributed by atoms with van der Waals surface area (Å²) in [4.78, 5) is 0. The molecule has 0 atom stereocenters. The van der Waals surface area contributed by atoms with Crippen LogP contribution in [-0.2, 0) is 10.2 Å². The Labute approximate surface area is 92.6 Å². The minimum Gasteiger partial charge on any atom is -0.319 e. The third-order valence-corrected chi connectivity index (χ3v) is 4.79. The van der Waals surface area contributed by atoms with E-state index in [1.54, 1.807) is 18.4 Å². The second kappa shape index (κ2) is 5.25. The first-order valence-corrected chi connectivity index (χ1v) is 6.70. The summed E-state index contributed by atoms with van der Waals surface area (Å²) in [5.74, 6) is 0.614. The Kier molecular flexibility index (Phi) is 4.51. The Morgan fingerprint density at radius 1 is 1.33 bits per heavy atom. The third-order valence-electron chi connectivity index (χ3n) is 2.85. The minimum absolute atomic E-state index is 0.614. The predicted molar refractivity (Wildman–Crippen MR) is 60.8 cm³/mol. The highest BCUT2D eigenvalue weighted by atomic mass is 32.2. The quantitative estimate of drug-likeness (QED) is 0.729. The second-order valence-corrected chi connectivity index (χ2v) is 6.33. The molecule has 1 rings (SSSR count). The molecular formula is C9H21N3O2S. The van der Waals surface area contributed by atoms with Crippen molar-refractivity contribution in [2.24, 2.45) is 5.92 Å². The number of nitrogens with zero attached hydrogens (tertiary/aromatic N) is 2. The van der Waals surface area contributed by atoms with Gasteiger partial charge in [0.25, 0.3) is 10.2 Å². The van der Waals surface area contributed by atoms with Crippen LogP contribution in [0, 0.1) is 5.92 Å².